The lowest BCUT2D eigenvalue weighted by molar-refractivity contribution is 0.300. The van der Waals surface area contributed by atoms with E-state index in [1.807, 2.05) is 48.5 Å². The summed E-state index contributed by atoms with van der Waals surface area (Å²) in [6.07, 6.45) is -0.0824. The number of hydrazine groups is 3. The lowest BCUT2D eigenvalue weighted by atomic mass is 10.2. The van der Waals surface area contributed by atoms with Crippen molar-refractivity contribution in [2.75, 3.05) is 0 Å². The van der Waals surface area contributed by atoms with Crippen LogP contribution in [0.2, 0.25) is 5.02 Å². The van der Waals surface area contributed by atoms with Crippen LogP contribution in [0.15, 0.2) is 48.5 Å². The molecule has 0 atom stereocenters. The highest BCUT2D eigenvalue weighted by atomic mass is 35.5. The van der Waals surface area contributed by atoms with E-state index in [4.69, 9.17) is 16.3 Å². The highest BCUT2D eigenvalue weighted by molar-refractivity contribution is 6.30. The summed E-state index contributed by atoms with van der Waals surface area (Å²) in [5, 5.41) is 3.97. The van der Waals surface area contributed by atoms with E-state index in [1.54, 1.807) is 0 Å². The first-order chi connectivity index (χ1) is 10.8. The number of rotatable bonds is 6. The molecule has 0 aromatic heterocycles. The van der Waals surface area contributed by atoms with E-state index in [-0.39, 0.29) is 6.29 Å². The molecule has 116 valence electrons. The highest BCUT2D eigenvalue weighted by Crippen LogP contribution is 2.24. The van der Waals surface area contributed by atoms with Crippen LogP contribution in [0.3, 0.4) is 0 Å². The molecule has 1 fully saturated rings. The van der Waals surface area contributed by atoms with Crippen LogP contribution in [0.1, 0.15) is 11.1 Å². The number of ether oxygens (including phenoxy) is 1. The number of hydrogen-bond donors (Lipinski definition) is 5. The maximum absolute atomic E-state index is 6.09. The average molecular weight is 320 g/mol. The summed E-state index contributed by atoms with van der Waals surface area (Å²) in [6, 6.07) is 15.7. The fourth-order valence-corrected chi connectivity index (χ4v) is 2.32. The number of nitrogens with one attached hydrogen (secondary N) is 5. The van der Waals surface area contributed by atoms with Gasteiger partial charge in [-0.15, -0.1) is 0 Å². The van der Waals surface area contributed by atoms with Gasteiger partial charge in [-0.25, -0.2) is 10.9 Å². The molecule has 6 nitrogen and oxygen atoms in total. The Labute approximate surface area is 134 Å². The molecule has 0 bridgehead atoms. The third-order valence-corrected chi connectivity index (χ3v) is 3.49. The van der Waals surface area contributed by atoms with Crippen molar-refractivity contribution in [2.24, 2.45) is 0 Å². The second kappa shape index (κ2) is 7.55. The minimum atomic E-state index is -0.0824. The van der Waals surface area contributed by atoms with Gasteiger partial charge in [-0.2, -0.15) is 11.1 Å². The van der Waals surface area contributed by atoms with E-state index in [0.29, 0.717) is 18.2 Å². The van der Waals surface area contributed by atoms with E-state index in [1.165, 1.54) is 0 Å². The van der Waals surface area contributed by atoms with Crippen LogP contribution in [0.25, 0.3) is 0 Å². The third-order valence-electron chi connectivity index (χ3n) is 3.25. The first kappa shape index (κ1) is 15.2. The fraction of sp³-hybridized carbons (Fsp3) is 0.200. The monoisotopic (exact) mass is 319 g/mol. The molecule has 1 aliphatic heterocycles. The Bertz CT molecular complexity index is 604. The van der Waals surface area contributed by atoms with E-state index in [2.05, 4.69) is 27.2 Å². The van der Waals surface area contributed by atoms with Crippen LogP contribution in [0.4, 0.5) is 0 Å². The number of halogens is 1. The molecule has 3 rings (SSSR count). The molecule has 0 unspecified atom stereocenters. The number of benzene rings is 2. The predicted molar refractivity (Wildman–Crippen MR) is 85.4 cm³/mol. The van der Waals surface area contributed by atoms with Crippen LogP contribution in [-0.4, -0.2) is 6.29 Å². The highest BCUT2D eigenvalue weighted by Gasteiger charge is 2.12. The van der Waals surface area contributed by atoms with Gasteiger partial charge in [-0.05, 0) is 23.8 Å². The SMILES string of the molecule is Clc1ccc(OCc2ccccc2)c(CNC2NNNN2)c1. The van der Waals surface area contributed by atoms with Gasteiger partial charge in [0.15, 0.2) is 0 Å². The first-order valence-electron chi connectivity index (χ1n) is 7.01. The average Bonchev–Trinajstić information content (AvgIpc) is 3.06. The number of hydrogen-bond acceptors (Lipinski definition) is 6. The van der Waals surface area contributed by atoms with E-state index in [0.717, 1.165) is 16.9 Å². The van der Waals surface area contributed by atoms with Crippen molar-refractivity contribution in [2.45, 2.75) is 19.4 Å². The van der Waals surface area contributed by atoms with Crippen molar-refractivity contribution < 1.29 is 4.74 Å². The van der Waals surface area contributed by atoms with E-state index >= 15 is 0 Å². The smallest absolute Gasteiger partial charge is 0.139 e. The predicted octanol–water partition coefficient (Wildman–Crippen LogP) is 1.41. The molecule has 1 aliphatic rings. The molecular weight excluding hydrogens is 302 g/mol. The molecule has 2 aromatic rings. The summed E-state index contributed by atoms with van der Waals surface area (Å²) in [5.74, 6) is 0.819. The third kappa shape index (κ3) is 4.17. The molecule has 22 heavy (non-hydrogen) atoms. The first-order valence-corrected chi connectivity index (χ1v) is 7.39. The molecule has 0 amide bonds. The summed E-state index contributed by atoms with van der Waals surface area (Å²) in [5.41, 5.74) is 13.6. The van der Waals surface area contributed by atoms with Gasteiger partial charge in [0.25, 0.3) is 0 Å². The lowest BCUT2D eigenvalue weighted by Crippen LogP contribution is -2.46. The Morgan fingerprint density at radius 1 is 1.05 bits per heavy atom. The van der Waals surface area contributed by atoms with Crippen molar-refractivity contribution in [1.29, 1.82) is 0 Å². The second-order valence-electron chi connectivity index (χ2n) is 4.88. The van der Waals surface area contributed by atoms with Gasteiger partial charge < -0.3 is 4.74 Å². The largest absolute Gasteiger partial charge is 0.489 e. The molecular formula is C15H18ClN5O. The maximum atomic E-state index is 6.09. The zero-order chi connectivity index (χ0) is 15.2. The Morgan fingerprint density at radius 2 is 1.82 bits per heavy atom. The molecule has 0 spiro atoms. The molecule has 0 radical (unpaired) electrons. The second-order valence-corrected chi connectivity index (χ2v) is 5.32. The Morgan fingerprint density at radius 3 is 2.59 bits per heavy atom. The molecule has 1 saturated heterocycles. The molecule has 1 heterocycles. The van der Waals surface area contributed by atoms with Crippen molar-refractivity contribution in [3.63, 3.8) is 0 Å². The van der Waals surface area contributed by atoms with Crippen molar-refractivity contribution in [3.8, 4) is 5.75 Å². The van der Waals surface area contributed by atoms with Crippen molar-refractivity contribution in [3.05, 3.63) is 64.7 Å². The van der Waals surface area contributed by atoms with Crippen LogP contribution in [0, 0.1) is 0 Å². The van der Waals surface area contributed by atoms with E-state index < -0.39 is 0 Å². The van der Waals surface area contributed by atoms with Crippen LogP contribution >= 0.6 is 11.6 Å². The van der Waals surface area contributed by atoms with Crippen LogP contribution in [0.5, 0.6) is 5.75 Å². The summed E-state index contributed by atoms with van der Waals surface area (Å²) < 4.78 is 5.92. The standard InChI is InChI=1S/C15H18ClN5O/c16-13-6-7-14(22-10-11-4-2-1-3-5-11)12(8-13)9-17-15-18-20-21-19-15/h1-8,15,17-21H,9-10H2. The van der Waals surface area contributed by atoms with Gasteiger partial charge in [-0.1, -0.05) is 41.9 Å². The zero-order valence-corrected chi connectivity index (χ0v) is 12.7. The summed E-state index contributed by atoms with van der Waals surface area (Å²) in [6.45, 7) is 1.14. The van der Waals surface area contributed by atoms with Crippen molar-refractivity contribution >= 4 is 11.6 Å². The maximum Gasteiger partial charge on any atom is 0.139 e. The van der Waals surface area contributed by atoms with E-state index in [9.17, 15) is 0 Å². The Balaban J connectivity index is 1.64. The summed E-state index contributed by atoms with van der Waals surface area (Å²) in [4.78, 5) is 0. The van der Waals surface area contributed by atoms with Crippen LogP contribution < -0.4 is 32.0 Å². The minimum Gasteiger partial charge on any atom is -0.489 e. The lowest BCUT2D eigenvalue weighted by Gasteiger charge is -2.15. The van der Waals surface area contributed by atoms with Crippen LogP contribution in [-0.2, 0) is 13.2 Å². The summed E-state index contributed by atoms with van der Waals surface area (Å²) in [7, 11) is 0. The molecule has 5 N–H and O–H groups in total. The van der Waals surface area contributed by atoms with Gasteiger partial charge in [0.2, 0.25) is 0 Å². The van der Waals surface area contributed by atoms with Gasteiger partial charge in [0.05, 0.1) is 0 Å². The van der Waals surface area contributed by atoms with Gasteiger partial charge in [-0.3, -0.25) is 5.32 Å². The minimum absolute atomic E-state index is 0.0824. The van der Waals surface area contributed by atoms with Gasteiger partial charge in [0, 0.05) is 17.1 Å². The normalized spacial score (nSPS) is 15.1. The Kier molecular flexibility index (Phi) is 5.23. The molecule has 0 aliphatic carbocycles. The molecule has 0 saturated carbocycles. The Hall–Kier alpha value is -1.67. The van der Waals surface area contributed by atoms with Gasteiger partial charge in [0.1, 0.15) is 18.6 Å². The molecule has 2 aromatic carbocycles. The van der Waals surface area contributed by atoms with Gasteiger partial charge >= 0.3 is 0 Å². The fourth-order valence-electron chi connectivity index (χ4n) is 2.13. The topological polar surface area (TPSA) is 69.4 Å². The molecule has 7 heteroatoms. The quantitative estimate of drug-likeness (QED) is 0.555. The summed E-state index contributed by atoms with van der Waals surface area (Å²) >= 11 is 6.09. The zero-order valence-electron chi connectivity index (χ0n) is 11.9. The van der Waals surface area contributed by atoms with Crippen molar-refractivity contribution in [1.82, 2.24) is 27.2 Å².